The van der Waals surface area contributed by atoms with Crippen molar-refractivity contribution in [2.45, 2.75) is 45.6 Å². The number of rotatable bonds is 9. The van der Waals surface area contributed by atoms with Gasteiger partial charge < -0.3 is 10.2 Å². The molecule has 0 spiro atoms. The zero-order valence-corrected chi connectivity index (χ0v) is 19.3. The lowest BCUT2D eigenvalue weighted by atomic mass is 10.0. The summed E-state index contributed by atoms with van der Waals surface area (Å²) in [5.41, 5.74) is 2.00. The fraction of sp³-hybridized carbons (Fsp3) is 0.440. The fourth-order valence-corrected chi connectivity index (χ4v) is 4.32. The first-order chi connectivity index (χ1) is 15.9. The Labute approximate surface area is 194 Å². The highest BCUT2D eigenvalue weighted by Crippen LogP contribution is 2.22. The van der Waals surface area contributed by atoms with Gasteiger partial charge in [-0.2, -0.15) is 0 Å². The highest BCUT2D eigenvalue weighted by atomic mass is 16.6. The molecule has 1 N–H and O–H groups in total. The summed E-state index contributed by atoms with van der Waals surface area (Å²) < 4.78 is 0. The minimum atomic E-state index is -0.444. The van der Waals surface area contributed by atoms with Crippen LogP contribution >= 0.6 is 0 Å². The predicted molar refractivity (Wildman–Crippen MR) is 128 cm³/mol. The molecule has 8 heteroatoms. The van der Waals surface area contributed by atoms with Gasteiger partial charge in [0.15, 0.2) is 0 Å². The molecule has 0 radical (unpaired) electrons. The van der Waals surface area contributed by atoms with Gasteiger partial charge in [0.05, 0.1) is 4.92 Å². The topological polar surface area (TPSA) is 95.8 Å². The average Bonchev–Trinajstić information content (AvgIpc) is 2.83. The summed E-state index contributed by atoms with van der Waals surface area (Å²) in [5, 5.41) is 13.8. The van der Waals surface area contributed by atoms with Crippen LogP contribution in [0.1, 0.15) is 48.5 Å². The van der Waals surface area contributed by atoms with Crippen molar-refractivity contribution in [2.24, 2.45) is 0 Å². The van der Waals surface area contributed by atoms with Crippen molar-refractivity contribution < 1.29 is 14.5 Å². The molecule has 33 heavy (non-hydrogen) atoms. The summed E-state index contributed by atoms with van der Waals surface area (Å²) in [6, 6.07) is 14.2. The summed E-state index contributed by atoms with van der Waals surface area (Å²) in [6.45, 7) is 6.85. The van der Waals surface area contributed by atoms with Crippen molar-refractivity contribution in [3.05, 3.63) is 69.8 Å². The van der Waals surface area contributed by atoms with Crippen molar-refractivity contribution in [1.82, 2.24) is 9.80 Å². The van der Waals surface area contributed by atoms with E-state index in [4.69, 9.17) is 0 Å². The molecule has 0 aromatic heterocycles. The average molecular weight is 453 g/mol. The van der Waals surface area contributed by atoms with E-state index >= 15 is 0 Å². The van der Waals surface area contributed by atoms with Gasteiger partial charge in [-0.15, -0.1) is 0 Å². The molecule has 1 aliphatic rings. The van der Waals surface area contributed by atoms with Crippen LogP contribution in [0.5, 0.6) is 0 Å². The third-order valence-electron chi connectivity index (χ3n) is 6.12. The number of hydrogen-bond donors (Lipinski definition) is 1. The fourth-order valence-electron chi connectivity index (χ4n) is 4.32. The number of amides is 2. The van der Waals surface area contributed by atoms with Crippen LogP contribution in [0.2, 0.25) is 0 Å². The molecule has 2 aromatic carbocycles. The van der Waals surface area contributed by atoms with Gasteiger partial charge in [0, 0.05) is 55.5 Å². The third-order valence-corrected chi connectivity index (χ3v) is 6.12. The van der Waals surface area contributed by atoms with E-state index in [1.165, 1.54) is 12.1 Å². The van der Waals surface area contributed by atoms with E-state index in [0.717, 1.165) is 31.4 Å². The number of nitrogens with one attached hydrogen (secondary N) is 1. The molecule has 3 rings (SSSR count). The number of carbonyl (C=O) groups excluding carboxylic acids is 2. The molecule has 0 saturated carbocycles. The van der Waals surface area contributed by atoms with Crippen LogP contribution in [-0.4, -0.2) is 58.8 Å². The Kier molecular flexibility index (Phi) is 8.54. The van der Waals surface area contributed by atoms with Crippen molar-refractivity contribution in [3.63, 3.8) is 0 Å². The van der Waals surface area contributed by atoms with Gasteiger partial charge in [-0.05, 0) is 56.5 Å². The molecule has 176 valence electrons. The number of hydrogen-bond acceptors (Lipinski definition) is 5. The normalized spacial score (nSPS) is 14.3. The lowest BCUT2D eigenvalue weighted by Crippen LogP contribution is -2.47. The van der Waals surface area contributed by atoms with Gasteiger partial charge in [0.2, 0.25) is 5.91 Å². The van der Waals surface area contributed by atoms with E-state index in [1.807, 2.05) is 35.2 Å². The summed E-state index contributed by atoms with van der Waals surface area (Å²) in [6.07, 6.45) is 3.12. The summed E-state index contributed by atoms with van der Waals surface area (Å²) in [4.78, 5) is 40.0. The second-order valence-electron chi connectivity index (χ2n) is 8.48. The quantitative estimate of drug-likeness (QED) is 0.453. The molecular formula is C25H32N4O4. The van der Waals surface area contributed by atoms with E-state index in [9.17, 15) is 19.7 Å². The van der Waals surface area contributed by atoms with Crippen LogP contribution < -0.4 is 5.32 Å². The van der Waals surface area contributed by atoms with Crippen LogP contribution in [0.15, 0.2) is 48.5 Å². The van der Waals surface area contributed by atoms with Crippen LogP contribution in [-0.2, 0) is 4.79 Å². The molecule has 2 amide bonds. The summed E-state index contributed by atoms with van der Waals surface area (Å²) in [7, 11) is 0. The number of nitro groups is 1. The Balaban J connectivity index is 1.51. The first kappa shape index (κ1) is 24.4. The molecule has 0 aliphatic carbocycles. The highest BCUT2D eigenvalue weighted by molar-refractivity contribution is 5.94. The molecule has 0 bridgehead atoms. The maximum Gasteiger partial charge on any atom is 0.269 e. The van der Waals surface area contributed by atoms with Crippen molar-refractivity contribution in [2.75, 3.05) is 31.5 Å². The zero-order chi connectivity index (χ0) is 23.8. The molecule has 2 aromatic rings. The second kappa shape index (κ2) is 11.6. The van der Waals surface area contributed by atoms with Crippen molar-refractivity contribution in [3.8, 4) is 0 Å². The Bertz CT molecular complexity index is 972. The Morgan fingerprint density at radius 1 is 1.12 bits per heavy atom. The van der Waals surface area contributed by atoms with Crippen molar-refractivity contribution >= 4 is 23.2 Å². The number of piperidine rings is 1. The largest absolute Gasteiger partial charge is 0.339 e. The molecule has 8 nitrogen and oxygen atoms in total. The number of likely N-dealkylation sites (tertiary alicyclic amines) is 1. The molecule has 1 fully saturated rings. The zero-order valence-electron chi connectivity index (χ0n) is 19.3. The Morgan fingerprint density at radius 2 is 1.82 bits per heavy atom. The molecule has 1 aliphatic heterocycles. The van der Waals surface area contributed by atoms with Gasteiger partial charge >= 0.3 is 0 Å². The van der Waals surface area contributed by atoms with Gasteiger partial charge in [-0.25, -0.2) is 0 Å². The SMILES string of the molecule is CCCN(CCC(=O)Nc1ccc([N+](=O)[O-])cc1C)C1CCN(C(=O)c2ccccc2)CC1. The van der Waals surface area contributed by atoms with Crippen LogP contribution in [0.25, 0.3) is 0 Å². The van der Waals surface area contributed by atoms with Gasteiger partial charge in [0.1, 0.15) is 0 Å². The number of nitrogens with zero attached hydrogens (tertiary/aromatic N) is 3. The molecule has 0 atom stereocenters. The molecular weight excluding hydrogens is 420 g/mol. The highest BCUT2D eigenvalue weighted by Gasteiger charge is 2.27. The van der Waals surface area contributed by atoms with Crippen LogP contribution in [0.3, 0.4) is 0 Å². The van der Waals surface area contributed by atoms with Gasteiger partial charge in [-0.1, -0.05) is 25.1 Å². The second-order valence-corrected chi connectivity index (χ2v) is 8.48. The standard InChI is InChI=1S/C25H32N4O4/c1-3-14-27(17-13-24(30)26-23-10-9-22(29(32)33)18-19(23)2)21-11-15-28(16-12-21)25(31)20-7-5-4-6-8-20/h4-10,18,21H,3,11-17H2,1-2H3,(H,26,30). The Morgan fingerprint density at radius 3 is 2.42 bits per heavy atom. The van der Waals surface area contributed by atoms with E-state index in [0.29, 0.717) is 43.3 Å². The van der Waals surface area contributed by atoms with E-state index in [1.54, 1.807) is 13.0 Å². The maximum atomic E-state index is 12.7. The summed E-state index contributed by atoms with van der Waals surface area (Å²) >= 11 is 0. The minimum Gasteiger partial charge on any atom is -0.339 e. The van der Waals surface area contributed by atoms with Crippen LogP contribution in [0, 0.1) is 17.0 Å². The smallest absolute Gasteiger partial charge is 0.269 e. The number of non-ortho nitro benzene ring substituents is 1. The first-order valence-electron chi connectivity index (χ1n) is 11.5. The van der Waals surface area contributed by atoms with E-state index in [2.05, 4.69) is 17.1 Å². The molecule has 1 saturated heterocycles. The molecule has 1 heterocycles. The molecule has 0 unspecified atom stereocenters. The predicted octanol–water partition coefficient (Wildman–Crippen LogP) is 4.25. The number of nitro benzene ring substituents is 1. The van der Waals surface area contributed by atoms with E-state index < -0.39 is 4.92 Å². The van der Waals surface area contributed by atoms with E-state index in [-0.39, 0.29) is 17.5 Å². The van der Waals surface area contributed by atoms with Gasteiger partial charge in [-0.3, -0.25) is 24.6 Å². The minimum absolute atomic E-state index is 0.0108. The number of benzene rings is 2. The monoisotopic (exact) mass is 452 g/mol. The third kappa shape index (κ3) is 6.61. The number of carbonyl (C=O) groups is 2. The number of anilines is 1. The van der Waals surface area contributed by atoms with Crippen LogP contribution in [0.4, 0.5) is 11.4 Å². The van der Waals surface area contributed by atoms with Gasteiger partial charge in [0.25, 0.3) is 11.6 Å². The lowest BCUT2D eigenvalue weighted by molar-refractivity contribution is -0.384. The summed E-state index contributed by atoms with van der Waals surface area (Å²) in [5.74, 6) is -0.0290. The number of aryl methyl sites for hydroxylation is 1. The lowest BCUT2D eigenvalue weighted by Gasteiger charge is -2.38. The van der Waals surface area contributed by atoms with Crippen molar-refractivity contribution in [1.29, 1.82) is 0 Å². The Hall–Kier alpha value is -3.26. The first-order valence-corrected chi connectivity index (χ1v) is 11.5. The maximum absolute atomic E-state index is 12.7.